The second-order valence-electron chi connectivity index (χ2n) is 9.05. The van der Waals surface area contributed by atoms with Gasteiger partial charge in [0.1, 0.15) is 16.5 Å². The molecule has 0 spiro atoms. The Kier molecular flexibility index (Phi) is 6.30. The molecule has 4 aromatic rings. The van der Waals surface area contributed by atoms with E-state index >= 15 is 0 Å². The Morgan fingerprint density at radius 1 is 0.861 bits per heavy atom. The van der Waals surface area contributed by atoms with Crippen LogP contribution in [0.3, 0.4) is 0 Å². The zero-order chi connectivity index (χ0) is 25.4. The van der Waals surface area contributed by atoms with Crippen molar-refractivity contribution in [2.75, 3.05) is 43.1 Å². The third-order valence-corrected chi connectivity index (χ3v) is 8.63. The molecule has 0 radical (unpaired) electrons. The summed E-state index contributed by atoms with van der Waals surface area (Å²) in [4.78, 5) is 8.99. The molecule has 0 aliphatic carbocycles. The highest BCUT2D eigenvalue weighted by Gasteiger charge is 2.29. The van der Waals surface area contributed by atoms with Crippen molar-refractivity contribution in [3.8, 4) is 5.75 Å². The van der Waals surface area contributed by atoms with Gasteiger partial charge in [0.25, 0.3) is 0 Å². The number of methoxy groups -OCH3 is 1. The van der Waals surface area contributed by atoms with Gasteiger partial charge in [-0.3, -0.25) is 4.98 Å². The lowest BCUT2D eigenvalue weighted by Gasteiger charge is -2.38. The average molecular weight is 506 g/mol. The molecule has 6 nitrogen and oxygen atoms in total. The quantitative estimate of drug-likeness (QED) is 0.374. The van der Waals surface area contributed by atoms with Crippen molar-refractivity contribution in [1.82, 2.24) is 4.98 Å². The van der Waals surface area contributed by atoms with E-state index in [0.29, 0.717) is 42.8 Å². The first-order valence-corrected chi connectivity index (χ1v) is 13.3. The minimum atomic E-state index is -3.89. The molecule has 3 aromatic carbocycles. The third-order valence-electron chi connectivity index (χ3n) is 6.88. The minimum Gasteiger partial charge on any atom is -0.497 e. The molecule has 5 rings (SSSR count). The predicted molar refractivity (Wildman–Crippen MR) is 140 cm³/mol. The fraction of sp³-hybridized carbons (Fsp3) is 0.250. The van der Waals surface area contributed by atoms with Crippen LogP contribution in [-0.4, -0.2) is 46.7 Å². The first kappa shape index (κ1) is 24.1. The first-order chi connectivity index (χ1) is 17.3. The van der Waals surface area contributed by atoms with Crippen molar-refractivity contribution >= 4 is 32.1 Å². The number of piperazine rings is 1. The number of ether oxygens (including phenoxy) is 1. The summed E-state index contributed by atoms with van der Waals surface area (Å²) in [6, 6.07) is 17.3. The Bertz CT molecular complexity index is 1530. The van der Waals surface area contributed by atoms with Gasteiger partial charge in [-0.1, -0.05) is 6.07 Å². The molecule has 0 atom stereocenters. The minimum absolute atomic E-state index is 0.0988. The fourth-order valence-electron chi connectivity index (χ4n) is 4.64. The SMILES string of the molecule is COc1ccc(N2CCN(c3c(S(=O)(=O)c4ccc(C)c(C)c4)cnc4ccc(F)cc34)CC2)cc1. The highest BCUT2D eigenvalue weighted by Crippen LogP contribution is 2.37. The Labute approximate surface area is 210 Å². The van der Waals surface area contributed by atoms with Gasteiger partial charge in [-0.2, -0.15) is 0 Å². The molecule has 1 aliphatic rings. The van der Waals surface area contributed by atoms with Gasteiger partial charge in [0.05, 0.1) is 23.2 Å². The fourth-order valence-corrected chi connectivity index (χ4v) is 6.16. The maximum absolute atomic E-state index is 14.4. The van der Waals surface area contributed by atoms with E-state index in [1.54, 1.807) is 25.3 Å². The predicted octanol–water partition coefficient (Wildman–Crippen LogP) is 5.16. The molecule has 1 saturated heterocycles. The average Bonchev–Trinajstić information content (AvgIpc) is 2.89. The van der Waals surface area contributed by atoms with Crippen molar-refractivity contribution in [1.29, 1.82) is 0 Å². The monoisotopic (exact) mass is 505 g/mol. The van der Waals surface area contributed by atoms with E-state index in [1.165, 1.54) is 18.3 Å². The van der Waals surface area contributed by atoms with Crippen LogP contribution in [0.2, 0.25) is 0 Å². The molecule has 186 valence electrons. The van der Waals surface area contributed by atoms with Crippen LogP contribution >= 0.6 is 0 Å². The molecule has 0 amide bonds. The number of halogens is 1. The van der Waals surface area contributed by atoms with E-state index in [1.807, 2.05) is 49.1 Å². The van der Waals surface area contributed by atoms with E-state index in [2.05, 4.69) is 9.88 Å². The second kappa shape index (κ2) is 9.43. The van der Waals surface area contributed by atoms with E-state index in [4.69, 9.17) is 4.74 Å². The molecule has 0 unspecified atom stereocenters. The highest BCUT2D eigenvalue weighted by atomic mass is 32.2. The van der Waals surface area contributed by atoms with E-state index < -0.39 is 15.7 Å². The molecule has 36 heavy (non-hydrogen) atoms. The molecule has 1 aliphatic heterocycles. The standard InChI is InChI=1S/C28H28FN3O3S/c1-19-4-10-24(16-20(19)2)36(33,34)27-18-30-26-11-5-21(29)17-25(26)28(27)32-14-12-31(13-15-32)22-6-8-23(35-3)9-7-22/h4-11,16-18H,12-15H2,1-3H3. The summed E-state index contributed by atoms with van der Waals surface area (Å²) in [5.41, 5.74) is 4.05. The zero-order valence-electron chi connectivity index (χ0n) is 20.5. The normalized spacial score (nSPS) is 14.3. The Balaban J connectivity index is 1.56. The van der Waals surface area contributed by atoms with E-state index in [0.717, 1.165) is 22.6 Å². The molecule has 1 aromatic heterocycles. The lowest BCUT2D eigenvalue weighted by atomic mass is 10.1. The van der Waals surface area contributed by atoms with Gasteiger partial charge >= 0.3 is 0 Å². The van der Waals surface area contributed by atoms with Crippen LogP contribution < -0.4 is 14.5 Å². The summed E-state index contributed by atoms with van der Waals surface area (Å²) in [5, 5.41) is 0.498. The number of hydrogen-bond donors (Lipinski definition) is 0. The molecular formula is C28H28FN3O3S. The van der Waals surface area contributed by atoms with E-state index in [9.17, 15) is 12.8 Å². The number of anilines is 2. The number of pyridine rings is 1. The van der Waals surface area contributed by atoms with Crippen molar-refractivity contribution in [3.63, 3.8) is 0 Å². The molecule has 0 saturated carbocycles. The van der Waals surface area contributed by atoms with Crippen LogP contribution in [0.15, 0.2) is 76.7 Å². The van der Waals surface area contributed by atoms with Gasteiger partial charge in [-0.25, -0.2) is 12.8 Å². The van der Waals surface area contributed by atoms with Gasteiger partial charge in [-0.15, -0.1) is 0 Å². The summed E-state index contributed by atoms with van der Waals surface area (Å²) in [6.07, 6.45) is 1.41. The summed E-state index contributed by atoms with van der Waals surface area (Å²) in [5.74, 6) is 0.368. The maximum Gasteiger partial charge on any atom is 0.210 e. The maximum atomic E-state index is 14.4. The van der Waals surface area contributed by atoms with Gasteiger partial charge in [0, 0.05) is 43.4 Å². The van der Waals surface area contributed by atoms with Crippen LogP contribution in [0.25, 0.3) is 10.9 Å². The molecule has 0 bridgehead atoms. The number of nitrogens with zero attached hydrogens (tertiary/aromatic N) is 3. The molecule has 1 fully saturated rings. The Morgan fingerprint density at radius 3 is 2.22 bits per heavy atom. The topological polar surface area (TPSA) is 62.7 Å². The van der Waals surface area contributed by atoms with Crippen LogP contribution in [0.1, 0.15) is 11.1 Å². The van der Waals surface area contributed by atoms with Crippen LogP contribution in [-0.2, 0) is 9.84 Å². The van der Waals surface area contributed by atoms with Crippen LogP contribution in [0.4, 0.5) is 15.8 Å². The van der Waals surface area contributed by atoms with Gasteiger partial charge in [0.15, 0.2) is 0 Å². The first-order valence-electron chi connectivity index (χ1n) is 11.8. The Morgan fingerprint density at radius 2 is 1.56 bits per heavy atom. The van der Waals surface area contributed by atoms with Gasteiger partial charge < -0.3 is 14.5 Å². The van der Waals surface area contributed by atoms with Crippen molar-refractivity contribution < 1.29 is 17.5 Å². The van der Waals surface area contributed by atoms with Gasteiger partial charge in [-0.05, 0) is 79.6 Å². The van der Waals surface area contributed by atoms with Gasteiger partial charge in [0.2, 0.25) is 9.84 Å². The number of aromatic nitrogens is 1. The Hall–Kier alpha value is -3.65. The zero-order valence-corrected chi connectivity index (χ0v) is 21.3. The van der Waals surface area contributed by atoms with Crippen molar-refractivity contribution in [2.45, 2.75) is 23.6 Å². The highest BCUT2D eigenvalue weighted by molar-refractivity contribution is 7.91. The van der Waals surface area contributed by atoms with E-state index in [-0.39, 0.29) is 9.79 Å². The molecular weight excluding hydrogens is 477 g/mol. The summed E-state index contributed by atoms with van der Waals surface area (Å²) in [7, 11) is -2.25. The van der Waals surface area contributed by atoms with Crippen LogP contribution in [0, 0.1) is 19.7 Å². The third kappa shape index (κ3) is 4.37. The summed E-state index contributed by atoms with van der Waals surface area (Å²) < 4.78 is 47.3. The number of hydrogen-bond acceptors (Lipinski definition) is 6. The number of aryl methyl sites for hydroxylation is 2. The lowest BCUT2D eigenvalue weighted by molar-refractivity contribution is 0.415. The number of benzene rings is 3. The lowest BCUT2D eigenvalue weighted by Crippen LogP contribution is -2.47. The van der Waals surface area contributed by atoms with Crippen LogP contribution in [0.5, 0.6) is 5.75 Å². The van der Waals surface area contributed by atoms with Crippen molar-refractivity contribution in [2.24, 2.45) is 0 Å². The number of sulfone groups is 1. The summed E-state index contributed by atoms with van der Waals surface area (Å²) >= 11 is 0. The molecule has 8 heteroatoms. The largest absolute Gasteiger partial charge is 0.497 e. The number of fused-ring (bicyclic) bond motifs is 1. The smallest absolute Gasteiger partial charge is 0.210 e. The second-order valence-corrected chi connectivity index (χ2v) is 11.0. The summed E-state index contributed by atoms with van der Waals surface area (Å²) in [6.45, 7) is 6.37. The molecule has 0 N–H and O–H groups in total. The molecule has 2 heterocycles. The number of rotatable bonds is 5. The van der Waals surface area contributed by atoms with Crippen molar-refractivity contribution in [3.05, 3.63) is 83.8 Å².